The number of aliphatic hydroxyl groups is 1. The standard InChI is InChI=1S/C12H20N2O5S2/c1-6-10(12(16)17)13-8(3)11(6)21(18,19)14-7(2)9(5-15)20-4/h7,9,13-15H,5H2,1-4H3,(H,16,17). The van der Waals surface area contributed by atoms with Gasteiger partial charge in [0.1, 0.15) is 10.6 Å². The molecule has 0 radical (unpaired) electrons. The van der Waals surface area contributed by atoms with Crippen LogP contribution in [0.2, 0.25) is 0 Å². The Bertz CT molecular complexity index is 620. The van der Waals surface area contributed by atoms with Gasteiger partial charge in [-0.15, -0.1) is 0 Å². The highest BCUT2D eigenvalue weighted by Crippen LogP contribution is 2.24. The van der Waals surface area contributed by atoms with E-state index >= 15 is 0 Å². The zero-order valence-corrected chi connectivity index (χ0v) is 13.9. The van der Waals surface area contributed by atoms with Crippen molar-refractivity contribution in [1.82, 2.24) is 9.71 Å². The van der Waals surface area contributed by atoms with Gasteiger partial charge in [-0.2, -0.15) is 11.8 Å². The summed E-state index contributed by atoms with van der Waals surface area (Å²) in [5.41, 5.74) is 0.308. The Morgan fingerprint density at radius 1 is 1.43 bits per heavy atom. The highest BCUT2D eigenvalue weighted by atomic mass is 32.2. The van der Waals surface area contributed by atoms with Gasteiger partial charge in [-0.05, 0) is 27.0 Å². The van der Waals surface area contributed by atoms with E-state index in [1.807, 2.05) is 0 Å². The number of aromatic amines is 1. The molecule has 0 saturated carbocycles. The lowest BCUT2D eigenvalue weighted by Gasteiger charge is -2.21. The molecule has 2 atom stereocenters. The van der Waals surface area contributed by atoms with E-state index in [4.69, 9.17) is 5.11 Å². The van der Waals surface area contributed by atoms with Gasteiger partial charge in [-0.25, -0.2) is 17.9 Å². The Morgan fingerprint density at radius 3 is 2.38 bits per heavy atom. The summed E-state index contributed by atoms with van der Waals surface area (Å²) in [4.78, 5) is 13.6. The van der Waals surface area contributed by atoms with Crippen LogP contribution in [0.1, 0.15) is 28.7 Å². The number of nitrogens with one attached hydrogen (secondary N) is 2. The van der Waals surface area contributed by atoms with Crippen LogP contribution in [0, 0.1) is 13.8 Å². The molecule has 0 aromatic carbocycles. The monoisotopic (exact) mass is 336 g/mol. The van der Waals surface area contributed by atoms with Crippen molar-refractivity contribution in [3.8, 4) is 0 Å². The smallest absolute Gasteiger partial charge is 0.352 e. The average molecular weight is 336 g/mol. The third-order valence-corrected chi connectivity index (χ3v) is 6.23. The van der Waals surface area contributed by atoms with Crippen molar-refractivity contribution < 1.29 is 23.4 Å². The molecule has 9 heteroatoms. The van der Waals surface area contributed by atoms with Crippen LogP contribution in [0.15, 0.2) is 4.90 Å². The molecule has 7 nitrogen and oxygen atoms in total. The highest BCUT2D eigenvalue weighted by molar-refractivity contribution is 7.99. The van der Waals surface area contributed by atoms with E-state index in [2.05, 4.69) is 9.71 Å². The molecule has 4 N–H and O–H groups in total. The van der Waals surface area contributed by atoms with Crippen LogP contribution in [-0.4, -0.2) is 53.7 Å². The summed E-state index contributed by atoms with van der Waals surface area (Å²) in [6, 6.07) is -0.489. The van der Waals surface area contributed by atoms with Gasteiger partial charge in [0, 0.05) is 22.5 Å². The minimum absolute atomic E-state index is 0.0513. The molecule has 0 aliphatic heterocycles. The predicted octanol–water partition coefficient (Wildman–Crippen LogP) is 0.720. The fraction of sp³-hybridized carbons (Fsp3) is 0.583. The molecule has 120 valence electrons. The predicted molar refractivity (Wildman–Crippen MR) is 81.4 cm³/mol. The molecule has 0 fully saturated rings. The normalized spacial score (nSPS) is 14.9. The first kappa shape index (κ1) is 18.0. The Morgan fingerprint density at radius 2 is 2.00 bits per heavy atom. The van der Waals surface area contributed by atoms with E-state index in [9.17, 15) is 18.3 Å². The zero-order valence-electron chi connectivity index (χ0n) is 12.3. The number of rotatable bonds is 7. The summed E-state index contributed by atoms with van der Waals surface area (Å²) in [5, 5.41) is 18.0. The van der Waals surface area contributed by atoms with Gasteiger partial charge in [0.2, 0.25) is 10.0 Å². The van der Waals surface area contributed by atoms with Crippen molar-refractivity contribution in [2.24, 2.45) is 0 Å². The minimum Gasteiger partial charge on any atom is -0.477 e. The van der Waals surface area contributed by atoms with E-state index in [1.165, 1.54) is 25.6 Å². The molecule has 0 bridgehead atoms. The first-order valence-corrected chi connectivity index (χ1v) is 9.01. The van der Waals surface area contributed by atoms with Crippen molar-refractivity contribution in [3.63, 3.8) is 0 Å². The summed E-state index contributed by atoms with van der Waals surface area (Å²) in [6.07, 6.45) is 1.78. The van der Waals surface area contributed by atoms with Crippen molar-refractivity contribution in [1.29, 1.82) is 0 Å². The SMILES string of the molecule is CSC(CO)C(C)NS(=O)(=O)c1c(C)[nH]c(C(=O)O)c1C. The second-order valence-corrected chi connectivity index (χ2v) is 7.48. The first-order chi connectivity index (χ1) is 9.65. The van der Waals surface area contributed by atoms with Crippen molar-refractivity contribution >= 4 is 27.8 Å². The number of H-pyrrole nitrogens is 1. The van der Waals surface area contributed by atoms with Crippen LogP contribution in [0.5, 0.6) is 0 Å². The number of carboxylic acids is 1. The number of aromatic carboxylic acids is 1. The number of hydrogen-bond donors (Lipinski definition) is 4. The second kappa shape index (κ2) is 6.82. The van der Waals surface area contributed by atoms with Crippen molar-refractivity contribution in [2.75, 3.05) is 12.9 Å². The van der Waals surface area contributed by atoms with Crippen LogP contribution in [-0.2, 0) is 10.0 Å². The maximum Gasteiger partial charge on any atom is 0.352 e. The maximum atomic E-state index is 12.4. The van der Waals surface area contributed by atoms with Crippen LogP contribution >= 0.6 is 11.8 Å². The van der Waals surface area contributed by atoms with Gasteiger partial charge < -0.3 is 15.2 Å². The third-order valence-electron chi connectivity index (χ3n) is 3.23. The maximum absolute atomic E-state index is 12.4. The van der Waals surface area contributed by atoms with Crippen molar-refractivity contribution in [2.45, 2.75) is 37.0 Å². The summed E-state index contributed by atoms with van der Waals surface area (Å²) in [6.45, 7) is 4.46. The van der Waals surface area contributed by atoms with Gasteiger partial charge >= 0.3 is 5.97 Å². The first-order valence-electron chi connectivity index (χ1n) is 6.24. The molecular formula is C12H20N2O5S2. The molecule has 21 heavy (non-hydrogen) atoms. The Balaban J connectivity index is 3.18. The number of aryl methyl sites for hydroxylation is 1. The number of thioether (sulfide) groups is 1. The molecule has 0 spiro atoms. The molecule has 0 amide bonds. The molecule has 1 heterocycles. The Labute approximate surface area is 128 Å². The lowest BCUT2D eigenvalue weighted by Crippen LogP contribution is -2.41. The van der Waals surface area contributed by atoms with Gasteiger partial charge in [0.15, 0.2) is 0 Å². The lowest BCUT2D eigenvalue weighted by atomic mass is 10.2. The number of sulfonamides is 1. The van der Waals surface area contributed by atoms with Crippen LogP contribution in [0.25, 0.3) is 0 Å². The highest BCUT2D eigenvalue weighted by Gasteiger charge is 2.29. The Hall–Kier alpha value is -1.03. The average Bonchev–Trinajstić information content (AvgIpc) is 2.66. The number of carboxylic acid groups (broad SMARTS) is 1. The summed E-state index contributed by atoms with van der Waals surface area (Å²) in [5.74, 6) is -1.21. The van der Waals surface area contributed by atoms with E-state index in [0.717, 1.165) is 0 Å². The van der Waals surface area contributed by atoms with Crippen LogP contribution < -0.4 is 4.72 Å². The van der Waals surface area contributed by atoms with E-state index < -0.39 is 22.0 Å². The fourth-order valence-electron chi connectivity index (χ4n) is 2.17. The number of carbonyl (C=O) groups is 1. The largest absolute Gasteiger partial charge is 0.477 e. The molecular weight excluding hydrogens is 316 g/mol. The summed E-state index contributed by atoms with van der Waals surface area (Å²) >= 11 is 1.35. The molecule has 1 aromatic rings. The third kappa shape index (κ3) is 3.79. The minimum atomic E-state index is -3.87. The zero-order chi connectivity index (χ0) is 16.4. The van der Waals surface area contributed by atoms with Gasteiger partial charge in [-0.1, -0.05) is 0 Å². The molecule has 1 aromatic heterocycles. The molecule has 0 aliphatic rings. The number of hydrogen-bond acceptors (Lipinski definition) is 5. The molecule has 2 unspecified atom stereocenters. The molecule has 0 aliphatic carbocycles. The summed E-state index contributed by atoms with van der Waals surface area (Å²) < 4.78 is 27.4. The molecule has 0 saturated heterocycles. The second-order valence-electron chi connectivity index (χ2n) is 4.75. The quantitative estimate of drug-likeness (QED) is 0.582. The van der Waals surface area contributed by atoms with Crippen molar-refractivity contribution in [3.05, 3.63) is 17.0 Å². The van der Waals surface area contributed by atoms with Gasteiger partial charge in [-0.3, -0.25) is 0 Å². The number of aromatic nitrogens is 1. The van der Waals surface area contributed by atoms with E-state index in [-0.39, 0.29) is 33.7 Å². The van der Waals surface area contributed by atoms with Crippen LogP contribution in [0.3, 0.4) is 0 Å². The van der Waals surface area contributed by atoms with Gasteiger partial charge in [0.25, 0.3) is 0 Å². The topological polar surface area (TPSA) is 119 Å². The fourth-order valence-corrected chi connectivity index (χ4v) is 4.61. The lowest BCUT2D eigenvalue weighted by molar-refractivity contribution is 0.0690. The van der Waals surface area contributed by atoms with Crippen LogP contribution in [0.4, 0.5) is 0 Å². The van der Waals surface area contributed by atoms with E-state index in [0.29, 0.717) is 0 Å². The summed E-state index contributed by atoms with van der Waals surface area (Å²) in [7, 11) is -3.87. The van der Waals surface area contributed by atoms with E-state index in [1.54, 1.807) is 13.2 Å². The Kier molecular flexibility index (Phi) is 5.85. The van der Waals surface area contributed by atoms with Gasteiger partial charge in [0.05, 0.1) is 6.61 Å². The number of aliphatic hydroxyl groups excluding tert-OH is 1. The molecule has 1 rings (SSSR count).